The smallest absolute Gasteiger partial charge is 0.419 e. The Hall–Kier alpha value is -2.15. The lowest BCUT2D eigenvalue weighted by atomic mass is 10.2. The van der Waals surface area contributed by atoms with Crippen LogP contribution in [0, 0.1) is 5.82 Å². The molecular formula is C13H10F4N2O. The fraction of sp³-hybridized carbons (Fsp3) is 0.154. The Morgan fingerprint density at radius 3 is 2.60 bits per heavy atom. The molecule has 2 N–H and O–H groups in total. The molecule has 2 aromatic rings. The first kappa shape index (κ1) is 14.3. The molecule has 0 aliphatic rings. The highest BCUT2D eigenvalue weighted by Crippen LogP contribution is 2.35. The molecule has 2 rings (SSSR count). The second kappa shape index (κ2) is 5.46. The summed E-state index contributed by atoms with van der Waals surface area (Å²) < 4.78 is 56.2. The summed E-state index contributed by atoms with van der Waals surface area (Å²) in [6, 6.07) is 4.00. The maximum Gasteiger partial charge on any atom is 0.419 e. The third-order valence-corrected chi connectivity index (χ3v) is 2.56. The van der Waals surface area contributed by atoms with Crippen LogP contribution in [0.15, 0.2) is 36.7 Å². The summed E-state index contributed by atoms with van der Waals surface area (Å²) in [5.41, 5.74) is 4.68. The fourth-order valence-corrected chi connectivity index (χ4v) is 1.58. The topological polar surface area (TPSA) is 48.1 Å². The van der Waals surface area contributed by atoms with E-state index in [1.165, 1.54) is 12.4 Å². The van der Waals surface area contributed by atoms with E-state index in [0.717, 1.165) is 6.07 Å². The molecule has 0 amide bonds. The van der Waals surface area contributed by atoms with Gasteiger partial charge in [-0.05, 0) is 24.3 Å². The Morgan fingerprint density at radius 2 is 1.95 bits per heavy atom. The van der Waals surface area contributed by atoms with E-state index in [4.69, 9.17) is 10.5 Å². The summed E-state index contributed by atoms with van der Waals surface area (Å²) in [7, 11) is 0. The van der Waals surface area contributed by atoms with Crippen molar-refractivity contribution in [1.82, 2.24) is 4.98 Å². The van der Waals surface area contributed by atoms with Gasteiger partial charge in [0, 0.05) is 18.3 Å². The Kier molecular flexibility index (Phi) is 3.89. The van der Waals surface area contributed by atoms with Gasteiger partial charge in [0.1, 0.15) is 17.3 Å². The predicted molar refractivity (Wildman–Crippen MR) is 63.6 cm³/mol. The van der Waals surface area contributed by atoms with Crippen LogP contribution in [0.25, 0.3) is 0 Å². The Balaban J connectivity index is 2.35. The number of aromatic nitrogens is 1. The SMILES string of the molecule is NCc1ccncc1Oc1ccc(F)c(C(F)(F)F)c1. The molecule has 1 aromatic heterocycles. The first-order valence-corrected chi connectivity index (χ1v) is 5.59. The molecule has 20 heavy (non-hydrogen) atoms. The van der Waals surface area contributed by atoms with Gasteiger partial charge in [0.25, 0.3) is 0 Å². The summed E-state index contributed by atoms with van der Waals surface area (Å²) in [6.07, 6.45) is -1.96. The number of pyridine rings is 1. The van der Waals surface area contributed by atoms with Crippen LogP contribution in [0.1, 0.15) is 11.1 Å². The fourth-order valence-electron chi connectivity index (χ4n) is 1.58. The molecule has 0 saturated heterocycles. The third-order valence-electron chi connectivity index (χ3n) is 2.56. The van der Waals surface area contributed by atoms with E-state index in [0.29, 0.717) is 17.7 Å². The Labute approximate surface area is 112 Å². The third kappa shape index (κ3) is 3.05. The van der Waals surface area contributed by atoms with Crippen molar-refractivity contribution in [2.75, 3.05) is 0 Å². The average Bonchev–Trinajstić information content (AvgIpc) is 2.40. The van der Waals surface area contributed by atoms with Crippen LogP contribution in [0.5, 0.6) is 11.5 Å². The summed E-state index contributed by atoms with van der Waals surface area (Å²) in [5.74, 6) is -1.26. The van der Waals surface area contributed by atoms with Crippen LogP contribution in [-0.4, -0.2) is 4.98 Å². The van der Waals surface area contributed by atoms with Crippen LogP contribution in [0.4, 0.5) is 17.6 Å². The minimum absolute atomic E-state index is 0.138. The van der Waals surface area contributed by atoms with E-state index in [1.54, 1.807) is 6.07 Å². The van der Waals surface area contributed by atoms with Crippen LogP contribution >= 0.6 is 0 Å². The first-order chi connectivity index (χ1) is 9.41. The number of nitrogens with two attached hydrogens (primary N) is 1. The second-order valence-electron chi connectivity index (χ2n) is 3.93. The largest absolute Gasteiger partial charge is 0.455 e. The van der Waals surface area contributed by atoms with Crippen molar-refractivity contribution in [3.8, 4) is 11.5 Å². The number of nitrogens with zero attached hydrogens (tertiary/aromatic N) is 1. The van der Waals surface area contributed by atoms with Crippen molar-refractivity contribution in [3.05, 3.63) is 53.6 Å². The van der Waals surface area contributed by atoms with E-state index in [9.17, 15) is 17.6 Å². The van der Waals surface area contributed by atoms with Crippen molar-refractivity contribution < 1.29 is 22.3 Å². The Morgan fingerprint density at radius 1 is 1.20 bits per heavy atom. The number of ether oxygens (including phenoxy) is 1. The maximum atomic E-state index is 13.1. The zero-order valence-corrected chi connectivity index (χ0v) is 10.1. The molecule has 1 aromatic carbocycles. The van der Waals surface area contributed by atoms with Crippen molar-refractivity contribution in [2.45, 2.75) is 12.7 Å². The molecule has 0 aliphatic heterocycles. The molecule has 0 fully saturated rings. The van der Waals surface area contributed by atoms with Gasteiger partial charge in [-0.2, -0.15) is 13.2 Å². The minimum Gasteiger partial charge on any atom is -0.455 e. The van der Waals surface area contributed by atoms with Gasteiger partial charge in [0.05, 0.1) is 11.8 Å². The molecule has 0 radical (unpaired) electrons. The average molecular weight is 286 g/mol. The van der Waals surface area contributed by atoms with Crippen LogP contribution in [0.2, 0.25) is 0 Å². The van der Waals surface area contributed by atoms with E-state index >= 15 is 0 Å². The van der Waals surface area contributed by atoms with Gasteiger partial charge in [-0.15, -0.1) is 0 Å². The van der Waals surface area contributed by atoms with Crippen LogP contribution in [-0.2, 0) is 12.7 Å². The number of alkyl halides is 3. The zero-order valence-electron chi connectivity index (χ0n) is 10.1. The van der Waals surface area contributed by atoms with Gasteiger partial charge >= 0.3 is 6.18 Å². The van der Waals surface area contributed by atoms with Crippen molar-refractivity contribution in [3.63, 3.8) is 0 Å². The lowest BCUT2D eigenvalue weighted by molar-refractivity contribution is -0.140. The molecule has 0 spiro atoms. The number of hydrogen-bond donors (Lipinski definition) is 1. The second-order valence-corrected chi connectivity index (χ2v) is 3.93. The van der Waals surface area contributed by atoms with E-state index < -0.39 is 17.6 Å². The number of hydrogen-bond acceptors (Lipinski definition) is 3. The standard InChI is InChI=1S/C13H10F4N2O/c14-11-2-1-9(5-10(11)13(15,16)17)20-12-7-19-4-3-8(12)6-18/h1-5,7H,6,18H2. The number of rotatable bonds is 3. The normalized spacial score (nSPS) is 11.4. The summed E-state index contributed by atoms with van der Waals surface area (Å²) in [5, 5.41) is 0. The minimum atomic E-state index is -4.78. The summed E-state index contributed by atoms with van der Waals surface area (Å²) >= 11 is 0. The van der Waals surface area contributed by atoms with Crippen molar-refractivity contribution in [2.24, 2.45) is 5.73 Å². The van der Waals surface area contributed by atoms with Gasteiger partial charge < -0.3 is 10.5 Å². The lowest BCUT2D eigenvalue weighted by Crippen LogP contribution is -2.08. The number of halogens is 4. The lowest BCUT2D eigenvalue weighted by Gasteiger charge is -2.12. The molecule has 7 heteroatoms. The molecule has 106 valence electrons. The highest BCUT2D eigenvalue weighted by Gasteiger charge is 2.34. The van der Waals surface area contributed by atoms with E-state index in [-0.39, 0.29) is 18.0 Å². The summed E-state index contributed by atoms with van der Waals surface area (Å²) in [4.78, 5) is 3.80. The first-order valence-electron chi connectivity index (χ1n) is 5.59. The van der Waals surface area contributed by atoms with Crippen molar-refractivity contribution in [1.29, 1.82) is 0 Å². The molecule has 0 atom stereocenters. The van der Waals surface area contributed by atoms with Gasteiger partial charge in [0.2, 0.25) is 0 Å². The predicted octanol–water partition coefficient (Wildman–Crippen LogP) is 3.49. The molecular weight excluding hydrogens is 276 g/mol. The summed E-state index contributed by atoms with van der Waals surface area (Å²) in [6.45, 7) is 0.144. The quantitative estimate of drug-likeness (QED) is 0.879. The molecule has 0 aliphatic carbocycles. The highest BCUT2D eigenvalue weighted by atomic mass is 19.4. The molecule has 0 saturated carbocycles. The zero-order chi connectivity index (χ0) is 14.8. The van der Waals surface area contributed by atoms with Crippen molar-refractivity contribution >= 4 is 0 Å². The van der Waals surface area contributed by atoms with Crippen LogP contribution < -0.4 is 10.5 Å². The molecule has 1 heterocycles. The molecule has 3 nitrogen and oxygen atoms in total. The van der Waals surface area contributed by atoms with E-state index in [1.807, 2.05) is 0 Å². The maximum absolute atomic E-state index is 13.1. The van der Waals surface area contributed by atoms with Gasteiger partial charge in [-0.1, -0.05) is 0 Å². The molecule has 0 bridgehead atoms. The van der Waals surface area contributed by atoms with Gasteiger partial charge in [0.15, 0.2) is 0 Å². The number of benzene rings is 1. The van der Waals surface area contributed by atoms with Gasteiger partial charge in [-0.3, -0.25) is 4.98 Å². The Bertz CT molecular complexity index is 614. The highest BCUT2D eigenvalue weighted by molar-refractivity contribution is 5.38. The monoisotopic (exact) mass is 286 g/mol. The van der Waals surface area contributed by atoms with Crippen LogP contribution in [0.3, 0.4) is 0 Å². The van der Waals surface area contributed by atoms with Gasteiger partial charge in [-0.25, -0.2) is 4.39 Å². The van der Waals surface area contributed by atoms with E-state index in [2.05, 4.69) is 4.98 Å². The molecule has 0 unspecified atom stereocenters.